The van der Waals surface area contributed by atoms with Crippen molar-refractivity contribution in [3.05, 3.63) is 129 Å². The first kappa shape index (κ1) is 32.7. The van der Waals surface area contributed by atoms with Crippen LogP contribution in [0.5, 0.6) is 0 Å². The molecule has 6 heterocycles. The zero-order valence-electron chi connectivity index (χ0n) is 29.6. The third-order valence-electron chi connectivity index (χ3n) is 10.2. The van der Waals surface area contributed by atoms with Crippen LogP contribution >= 0.6 is 68.0 Å². The zero-order valence-corrected chi connectivity index (χ0v) is 34.5. The number of benzene rings is 3. The Hall–Kier alpha value is -4.68. The first-order valence-electron chi connectivity index (χ1n) is 17.6. The number of thiophene rings is 6. The van der Waals surface area contributed by atoms with Gasteiger partial charge >= 0.3 is 0 Å². The van der Waals surface area contributed by atoms with E-state index in [1.54, 1.807) is 0 Å². The number of nitrogens with one attached hydrogen (secondary N) is 2. The van der Waals surface area contributed by atoms with Gasteiger partial charge in [-0.3, -0.25) is 10.9 Å². The van der Waals surface area contributed by atoms with Gasteiger partial charge in [-0.2, -0.15) is 10.2 Å². The summed E-state index contributed by atoms with van der Waals surface area (Å²) >= 11 is 11.3. The first-order valence-corrected chi connectivity index (χ1v) is 22.5. The molecule has 0 unspecified atom stereocenters. The summed E-state index contributed by atoms with van der Waals surface area (Å²) in [5.41, 5.74) is 11.3. The Bertz CT molecular complexity index is 3080. The van der Waals surface area contributed by atoms with Crippen molar-refractivity contribution >= 4 is 140 Å². The molecule has 0 aliphatic carbocycles. The molecule has 6 aromatic heterocycles. The van der Waals surface area contributed by atoms with E-state index in [0.29, 0.717) is 0 Å². The molecule has 0 saturated heterocycles. The maximum atomic E-state index is 5.23. The van der Waals surface area contributed by atoms with Crippen LogP contribution in [0.1, 0.15) is 20.9 Å². The van der Waals surface area contributed by atoms with Crippen LogP contribution in [0.3, 0.4) is 0 Å². The summed E-state index contributed by atoms with van der Waals surface area (Å²) < 4.78 is 8.01. The molecular formula is C44H30N4S6. The number of hydrogen-bond acceptors (Lipinski definition) is 10. The Kier molecular flexibility index (Phi) is 7.53. The highest BCUT2D eigenvalue weighted by atomic mass is 32.1. The third-order valence-corrected chi connectivity index (χ3v) is 17.3. The van der Waals surface area contributed by atoms with E-state index < -0.39 is 0 Å². The lowest BCUT2D eigenvalue weighted by Gasteiger charge is -2.08. The number of nitrogens with zero attached hydrogens (tertiary/aromatic N) is 2. The van der Waals surface area contributed by atoms with Crippen LogP contribution in [0.15, 0.2) is 107 Å². The molecule has 0 radical (unpaired) electrons. The molecule has 54 heavy (non-hydrogen) atoms. The molecule has 0 aliphatic heterocycles. The Morgan fingerprint density at radius 1 is 0.407 bits per heavy atom. The summed E-state index contributed by atoms with van der Waals surface area (Å²) in [6.45, 7) is 8.97. The Balaban J connectivity index is 1.21. The molecule has 0 aliphatic rings. The molecule has 0 atom stereocenters. The van der Waals surface area contributed by atoms with Gasteiger partial charge in [-0.1, -0.05) is 36.4 Å². The molecule has 0 amide bonds. The van der Waals surface area contributed by atoms with Crippen molar-refractivity contribution in [2.75, 3.05) is 10.9 Å². The number of para-hydroxylation sites is 2. The Morgan fingerprint density at radius 3 is 1.20 bits per heavy atom. The minimum Gasteiger partial charge on any atom is -0.278 e. The summed E-state index contributed by atoms with van der Waals surface area (Å²) in [5.74, 6) is 0. The van der Waals surface area contributed by atoms with Gasteiger partial charge in [0.15, 0.2) is 0 Å². The highest BCUT2D eigenvalue weighted by molar-refractivity contribution is 7.33. The van der Waals surface area contributed by atoms with Gasteiger partial charge in [0.25, 0.3) is 0 Å². The highest BCUT2D eigenvalue weighted by Gasteiger charge is 2.25. The maximum absolute atomic E-state index is 5.23. The van der Waals surface area contributed by atoms with Gasteiger partial charge in [0, 0.05) is 89.8 Å². The summed E-state index contributed by atoms with van der Waals surface area (Å²) in [7, 11) is 0. The molecule has 262 valence electrons. The Morgan fingerprint density at radius 2 is 0.796 bits per heavy atom. The van der Waals surface area contributed by atoms with Gasteiger partial charge in [-0.05, 0) is 99.5 Å². The lowest BCUT2D eigenvalue weighted by molar-refractivity contribution is 1.25. The maximum Gasteiger partial charge on any atom is 0.100 e. The molecule has 4 nitrogen and oxygen atoms in total. The molecule has 11 rings (SSSR count). The van der Waals surface area contributed by atoms with Gasteiger partial charge in [-0.25, -0.2) is 0 Å². The molecule has 5 aromatic carbocycles. The standard InChI is InChI=1S/C44H30N4S6/c1-21-15-29-33(49-21)19-35(51-29)31-17-27-41(47-45-25-11-7-5-8-12-25)37-24(4)40-38(23(3)39(37)43(27)53-31)42(48-46-26-13-9-6-10-14-26)28-18-32(54-44(28)40)36-20-34-30(52-36)16-22(2)50-34/h5-20,45-46H,1-4H3/b47-41-,48-42-. The molecular weight excluding hydrogens is 777 g/mol. The lowest BCUT2D eigenvalue weighted by atomic mass is 9.98. The van der Waals surface area contributed by atoms with E-state index in [4.69, 9.17) is 10.2 Å². The van der Waals surface area contributed by atoms with Crippen LogP contribution in [0.2, 0.25) is 0 Å². The van der Waals surface area contributed by atoms with Gasteiger partial charge in [0.2, 0.25) is 0 Å². The fourth-order valence-electron chi connectivity index (χ4n) is 7.83. The van der Waals surface area contributed by atoms with E-state index in [9.17, 15) is 0 Å². The molecule has 0 spiro atoms. The molecule has 0 bridgehead atoms. The smallest absolute Gasteiger partial charge is 0.100 e. The summed E-state index contributed by atoms with van der Waals surface area (Å²) in [6.07, 6.45) is 0. The van der Waals surface area contributed by atoms with Crippen LogP contribution in [0.4, 0.5) is 11.4 Å². The molecule has 0 fully saturated rings. The molecule has 11 aromatic rings. The number of hydrogen-bond donors (Lipinski definition) is 2. The number of anilines is 2. The van der Waals surface area contributed by atoms with Crippen LogP contribution in [-0.4, -0.2) is 0 Å². The van der Waals surface area contributed by atoms with E-state index in [-0.39, 0.29) is 0 Å². The van der Waals surface area contributed by atoms with Crippen molar-refractivity contribution in [1.82, 2.24) is 0 Å². The van der Waals surface area contributed by atoms with Crippen molar-refractivity contribution < 1.29 is 0 Å². The number of aryl methyl sites for hydroxylation is 4. The van der Waals surface area contributed by atoms with E-state index in [1.807, 2.05) is 104 Å². The van der Waals surface area contributed by atoms with Crippen LogP contribution in [0.25, 0.3) is 80.0 Å². The quantitative estimate of drug-likeness (QED) is 0.164. The number of rotatable bonds is 6. The second-order valence-electron chi connectivity index (χ2n) is 13.7. The van der Waals surface area contributed by atoms with E-state index in [0.717, 1.165) is 22.1 Å². The van der Waals surface area contributed by atoms with Crippen LogP contribution < -0.4 is 21.6 Å². The third kappa shape index (κ3) is 5.08. The van der Waals surface area contributed by atoms with E-state index in [2.05, 4.69) is 99.2 Å². The fraction of sp³-hybridized carbons (Fsp3) is 0.0909. The normalized spacial score (nSPS) is 13.0. The first-order chi connectivity index (χ1) is 26.4. The average Bonchev–Trinajstić information content (AvgIpc) is 4.02. The van der Waals surface area contributed by atoms with Gasteiger partial charge in [-0.15, -0.1) is 68.0 Å². The van der Waals surface area contributed by atoms with E-state index in [1.165, 1.54) is 101 Å². The topological polar surface area (TPSA) is 48.8 Å². The van der Waals surface area contributed by atoms with Crippen LogP contribution in [-0.2, 0) is 0 Å². The largest absolute Gasteiger partial charge is 0.278 e. The lowest BCUT2D eigenvalue weighted by Crippen LogP contribution is -2.07. The predicted octanol–water partition coefficient (Wildman–Crippen LogP) is 14.3. The number of fused-ring (bicyclic) bond motifs is 8. The summed E-state index contributed by atoms with van der Waals surface area (Å²) in [5, 5.41) is 19.8. The van der Waals surface area contributed by atoms with Gasteiger partial charge in [0.1, 0.15) is 10.7 Å². The van der Waals surface area contributed by atoms with Gasteiger partial charge < -0.3 is 0 Å². The second-order valence-corrected chi connectivity index (χ2v) is 20.6. The van der Waals surface area contributed by atoms with Crippen molar-refractivity contribution in [2.24, 2.45) is 10.2 Å². The highest BCUT2D eigenvalue weighted by Crippen LogP contribution is 2.49. The molecule has 0 saturated carbocycles. The Labute approximate surface area is 334 Å². The van der Waals surface area contributed by atoms with Crippen molar-refractivity contribution in [1.29, 1.82) is 0 Å². The zero-order chi connectivity index (χ0) is 36.2. The fourth-order valence-corrected chi connectivity index (χ4v) is 15.1. The van der Waals surface area contributed by atoms with Crippen molar-refractivity contribution in [3.63, 3.8) is 0 Å². The summed E-state index contributed by atoms with van der Waals surface area (Å²) in [4.78, 5) is 7.92. The van der Waals surface area contributed by atoms with Gasteiger partial charge in [0.05, 0.1) is 11.4 Å². The minimum atomic E-state index is 0.970. The predicted molar refractivity (Wildman–Crippen MR) is 242 cm³/mol. The second kappa shape index (κ2) is 12.4. The summed E-state index contributed by atoms with van der Waals surface area (Å²) in [6, 6.07) is 34.7. The molecule has 2 N–H and O–H groups in total. The monoisotopic (exact) mass is 806 g/mol. The van der Waals surface area contributed by atoms with Crippen molar-refractivity contribution in [2.45, 2.75) is 27.7 Å². The van der Waals surface area contributed by atoms with Crippen LogP contribution in [0, 0.1) is 27.7 Å². The van der Waals surface area contributed by atoms with E-state index >= 15 is 0 Å². The average molecular weight is 807 g/mol. The SMILES string of the molecule is Cc1cc2sc(-c3cc4/c(=N/Nc5ccccc5)c5c(C)c6c(c(C)c5c4s3)/c(=N\Nc3ccccc3)c3cc(-c4cc5sc(C)cc5s4)sc36)cc2s1. The minimum absolute atomic E-state index is 0.970. The molecule has 10 heteroatoms. The van der Waals surface area contributed by atoms with Crippen molar-refractivity contribution in [3.8, 4) is 19.5 Å².